The van der Waals surface area contributed by atoms with Gasteiger partial charge in [0.25, 0.3) is 0 Å². The second-order valence-electron chi connectivity index (χ2n) is 4.28. The summed E-state index contributed by atoms with van der Waals surface area (Å²) < 4.78 is 0. The second-order valence-corrected chi connectivity index (χ2v) is 4.28. The molecule has 1 heterocycles. The van der Waals surface area contributed by atoms with E-state index in [9.17, 15) is 14.9 Å². The molecule has 9 heteroatoms. The second kappa shape index (κ2) is 7.98. The molecule has 2 N–H and O–H groups in total. The summed E-state index contributed by atoms with van der Waals surface area (Å²) in [4.78, 5) is 31.8. The number of likely N-dealkylation sites (N-methyl/N-ethyl adjacent to an activating group) is 1. The van der Waals surface area contributed by atoms with E-state index < -0.39 is 4.92 Å². The molecule has 1 amide bonds. The maximum absolute atomic E-state index is 11.6. The molecule has 0 aliphatic rings. The predicted octanol–water partition coefficient (Wildman–Crippen LogP) is 0.779. The zero-order valence-corrected chi connectivity index (χ0v) is 12.4. The van der Waals surface area contributed by atoms with E-state index in [4.69, 9.17) is 0 Å². The van der Waals surface area contributed by atoms with Gasteiger partial charge in [-0.05, 0) is 13.3 Å². The van der Waals surface area contributed by atoms with Crippen molar-refractivity contribution in [1.82, 2.24) is 15.3 Å². The zero-order valence-electron chi connectivity index (χ0n) is 12.4. The van der Waals surface area contributed by atoms with Crippen molar-refractivity contribution in [2.45, 2.75) is 20.3 Å². The third-order valence-electron chi connectivity index (χ3n) is 2.69. The molecule has 0 aliphatic heterocycles. The van der Waals surface area contributed by atoms with Crippen LogP contribution in [-0.2, 0) is 4.79 Å². The van der Waals surface area contributed by atoms with Gasteiger partial charge in [0.2, 0.25) is 17.7 Å². The number of anilines is 2. The number of carbonyl (C=O) groups is 1. The van der Waals surface area contributed by atoms with Crippen LogP contribution in [0.3, 0.4) is 0 Å². The highest BCUT2D eigenvalue weighted by molar-refractivity contribution is 5.81. The lowest BCUT2D eigenvalue weighted by molar-refractivity contribution is -0.384. The van der Waals surface area contributed by atoms with E-state index in [1.165, 1.54) is 7.05 Å². The molecule has 0 atom stereocenters. The Morgan fingerprint density at radius 2 is 2.19 bits per heavy atom. The van der Waals surface area contributed by atoms with E-state index in [1.54, 1.807) is 4.90 Å². The van der Waals surface area contributed by atoms with Crippen LogP contribution >= 0.6 is 0 Å². The molecule has 9 nitrogen and oxygen atoms in total. The molecule has 0 aliphatic carbocycles. The van der Waals surface area contributed by atoms with E-state index >= 15 is 0 Å². The standard InChI is InChI=1S/C12H20N6O3/c1-4-6-17(8-10(19)13-3)11-9(18(20)21)7-15-12(16-11)14-5-2/h7H,4-6,8H2,1-3H3,(H,13,19)(H,14,15,16). The van der Waals surface area contributed by atoms with Gasteiger partial charge in [-0.25, -0.2) is 4.98 Å². The third-order valence-corrected chi connectivity index (χ3v) is 2.69. The lowest BCUT2D eigenvalue weighted by Gasteiger charge is -2.22. The van der Waals surface area contributed by atoms with Gasteiger partial charge in [-0.2, -0.15) is 4.98 Å². The minimum absolute atomic E-state index is 0.00770. The number of hydrogen-bond donors (Lipinski definition) is 2. The predicted molar refractivity (Wildman–Crippen MR) is 79.4 cm³/mol. The average Bonchev–Trinajstić information content (AvgIpc) is 2.46. The maximum atomic E-state index is 11.6. The highest BCUT2D eigenvalue weighted by Gasteiger charge is 2.23. The Bertz CT molecular complexity index is 508. The number of hydrogen-bond acceptors (Lipinski definition) is 7. The van der Waals surface area contributed by atoms with E-state index in [-0.39, 0.29) is 24.0 Å². The molecule has 21 heavy (non-hydrogen) atoms. The summed E-state index contributed by atoms with van der Waals surface area (Å²) in [5.74, 6) is 0.217. The Morgan fingerprint density at radius 1 is 1.48 bits per heavy atom. The Balaban J connectivity index is 3.20. The molecule has 0 bridgehead atoms. The van der Waals surface area contributed by atoms with Crippen molar-refractivity contribution >= 4 is 23.4 Å². The molecular formula is C12H20N6O3. The summed E-state index contributed by atoms with van der Waals surface area (Å²) in [5, 5.41) is 16.5. The van der Waals surface area contributed by atoms with Crippen molar-refractivity contribution < 1.29 is 9.72 Å². The lowest BCUT2D eigenvalue weighted by Crippen LogP contribution is -2.37. The van der Waals surface area contributed by atoms with Gasteiger partial charge in [0, 0.05) is 20.1 Å². The monoisotopic (exact) mass is 296 g/mol. The quantitative estimate of drug-likeness (QED) is 0.538. The van der Waals surface area contributed by atoms with Crippen molar-refractivity contribution in [1.29, 1.82) is 0 Å². The molecule has 0 spiro atoms. The van der Waals surface area contributed by atoms with Gasteiger partial charge in [-0.15, -0.1) is 0 Å². The molecule has 0 unspecified atom stereocenters. The zero-order chi connectivity index (χ0) is 15.8. The Morgan fingerprint density at radius 3 is 2.71 bits per heavy atom. The van der Waals surface area contributed by atoms with Gasteiger partial charge in [0.05, 0.1) is 11.5 Å². The van der Waals surface area contributed by atoms with Crippen LogP contribution < -0.4 is 15.5 Å². The number of amides is 1. The molecule has 0 fully saturated rings. The fraction of sp³-hybridized carbons (Fsp3) is 0.583. The van der Waals surface area contributed by atoms with Crippen LogP contribution in [0.25, 0.3) is 0 Å². The molecule has 0 aromatic carbocycles. The minimum atomic E-state index is -0.544. The highest BCUT2D eigenvalue weighted by atomic mass is 16.6. The lowest BCUT2D eigenvalue weighted by atomic mass is 10.3. The number of carbonyl (C=O) groups excluding carboxylic acids is 1. The van der Waals surface area contributed by atoms with Crippen LogP contribution in [0.2, 0.25) is 0 Å². The van der Waals surface area contributed by atoms with Gasteiger partial charge in [-0.1, -0.05) is 6.92 Å². The normalized spacial score (nSPS) is 10.0. The first-order valence-electron chi connectivity index (χ1n) is 6.74. The number of rotatable bonds is 8. The van der Waals surface area contributed by atoms with Crippen molar-refractivity contribution in [3.63, 3.8) is 0 Å². The number of nitrogens with one attached hydrogen (secondary N) is 2. The molecule has 116 valence electrons. The van der Waals surface area contributed by atoms with Crippen LogP contribution in [0.4, 0.5) is 17.5 Å². The van der Waals surface area contributed by atoms with E-state index in [1.807, 2.05) is 13.8 Å². The van der Waals surface area contributed by atoms with E-state index in [0.29, 0.717) is 19.0 Å². The first kappa shape index (κ1) is 16.6. The summed E-state index contributed by atoms with van der Waals surface area (Å²) in [6, 6.07) is 0. The molecule has 1 rings (SSSR count). The molecule has 1 aromatic heterocycles. The van der Waals surface area contributed by atoms with Crippen molar-refractivity contribution in [2.24, 2.45) is 0 Å². The smallest absolute Gasteiger partial charge is 0.329 e. The molecule has 1 aromatic rings. The highest BCUT2D eigenvalue weighted by Crippen LogP contribution is 2.26. The van der Waals surface area contributed by atoms with Crippen molar-refractivity contribution in [2.75, 3.05) is 36.9 Å². The summed E-state index contributed by atoms with van der Waals surface area (Å²) >= 11 is 0. The summed E-state index contributed by atoms with van der Waals surface area (Å²) in [6.45, 7) is 4.89. The Hall–Kier alpha value is -2.45. The van der Waals surface area contributed by atoms with Crippen molar-refractivity contribution in [3.8, 4) is 0 Å². The fourth-order valence-corrected chi connectivity index (χ4v) is 1.75. The van der Waals surface area contributed by atoms with Crippen LogP contribution in [0.15, 0.2) is 6.20 Å². The SMILES string of the molecule is CCCN(CC(=O)NC)c1nc(NCC)ncc1[N+](=O)[O-]. The number of nitrogens with zero attached hydrogens (tertiary/aromatic N) is 4. The fourth-order valence-electron chi connectivity index (χ4n) is 1.75. The van der Waals surface area contributed by atoms with Gasteiger partial charge in [0.15, 0.2) is 0 Å². The topological polar surface area (TPSA) is 113 Å². The first-order chi connectivity index (χ1) is 10.0. The van der Waals surface area contributed by atoms with Gasteiger partial charge in [-0.3, -0.25) is 14.9 Å². The number of aromatic nitrogens is 2. The van der Waals surface area contributed by atoms with E-state index in [2.05, 4.69) is 20.6 Å². The first-order valence-corrected chi connectivity index (χ1v) is 6.74. The largest absolute Gasteiger partial charge is 0.358 e. The summed E-state index contributed by atoms with van der Waals surface area (Å²) in [6.07, 6.45) is 1.89. The third kappa shape index (κ3) is 4.55. The van der Waals surface area contributed by atoms with Crippen molar-refractivity contribution in [3.05, 3.63) is 16.3 Å². The van der Waals surface area contributed by atoms with E-state index in [0.717, 1.165) is 12.6 Å². The van der Waals surface area contributed by atoms with Crippen LogP contribution in [0.1, 0.15) is 20.3 Å². The Kier molecular flexibility index (Phi) is 6.31. The minimum Gasteiger partial charge on any atom is -0.358 e. The maximum Gasteiger partial charge on any atom is 0.329 e. The van der Waals surface area contributed by atoms with Gasteiger partial charge in [0.1, 0.15) is 6.20 Å². The molecule has 0 saturated heterocycles. The van der Waals surface area contributed by atoms with Gasteiger partial charge < -0.3 is 15.5 Å². The van der Waals surface area contributed by atoms with Crippen LogP contribution in [0, 0.1) is 10.1 Å². The molecule has 0 saturated carbocycles. The van der Waals surface area contributed by atoms with Gasteiger partial charge >= 0.3 is 5.69 Å². The molecular weight excluding hydrogens is 276 g/mol. The van der Waals surface area contributed by atoms with Crippen LogP contribution in [0.5, 0.6) is 0 Å². The average molecular weight is 296 g/mol. The number of nitro groups is 1. The summed E-state index contributed by atoms with van der Waals surface area (Å²) in [5.41, 5.74) is -0.214. The van der Waals surface area contributed by atoms with Crippen LogP contribution in [-0.4, -0.2) is 47.5 Å². The summed E-state index contributed by atoms with van der Waals surface area (Å²) in [7, 11) is 1.52. The Labute approximate surface area is 122 Å². The molecule has 0 radical (unpaired) electrons.